The second-order valence-corrected chi connectivity index (χ2v) is 10.8. The van der Waals surface area contributed by atoms with E-state index in [0.29, 0.717) is 17.3 Å². The molecule has 0 radical (unpaired) electrons. The van der Waals surface area contributed by atoms with Gasteiger partial charge in [0.25, 0.3) is 0 Å². The van der Waals surface area contributed by atoms with E-state index in [0.717, 1.165) is 23.1 Å². The average molecular weight is 482 g/mol. The van der Waals surface area contributed by atoms with Crippen LogP contribution in [0.5, 0.6) is 0 Å². The number of nitrogens with zero attached hydrogens (tertiary/aromatic N) is 2. The molecule has 1 aliphatic heterocycles. The van der Waals surface area contributed by atoms with E-state index >= 15 is 0 Å². The number of benzene rings is 3. The molecular weight excluding hydrogens is 458 g/mol. The quantitative estimate of drug-likeness (QED) is 0.567. The standard InChI is InChI=1S/C25H24ClN3O3S/c1-25(19-6-4-3-5-7-19)17-29(28-24(25)18-8-10-20(26)11-9-18)16-23(30)27-21-12-14-22(15-13-21)33(2,31)32/h3-15H,16-17H2,1-2H3,(H,27,30). The van der Waals surface area contributed by atoms with Crippen LogP contribution in [0.2, 0.25) is 5.02 Å². The van der Waals surface area contributed by atoms with Crippen molar-refractivity contribution < 1.29 is 13.2 Å². The normalized spacial score (nSPS) is 18.2. The van der Waals surface area contributed by atoms with Gasteiger partial charge in [-0.15, -0.1) is 0 Å². The Bertz CT molecular complexity index is 1290. The molecule has 6 nitrogen and oxygen atoms in total. The highest BCUT2D eigenvalue weighted by Crippen LogP contribution is 2.35. The van der Waals surface area contributed by atoms with Gasteiger partial charge in [-0.05, 0) is 54.4 Å². The largest absolute Gasteiger partial charge is 0.324 e. The molecule has 1 heterocycles. The van der Waals surface area contributed by atoms with Crippen LogP contribution in [0, 0.1) is 0 Å². The topological polar surface area (TPSA) is 78.8 Å². The van der Waals surface area contributed by atoms with Gasteiger partial charge in [0.15, 0.2) is 9.84 Å². The van der Waals surface area contributed by atoms with Gasteiger partial charge in [-0.25, -0.2) is 8.42 Å². The number of carbonyl (C=O) groups excluding carboxylic acids is 1. The molecule has 0 aliphatic carbocycles. The summed E-state index contributed by atoms with van der Waals surface area (Å²) in [7, 11) is -3.29. The van der Waals surface area contributed by atoms with E-state index in [9.17, 15) is 13.2 Å². The predicted molar refractivity (Wildman–Crippen MR) is 132 cm³/mol. The first kappa shape index (κ1) is 23.0. The predicted octanol–water partition coefficient (Wildman–Crippen LogP) is 4.36. The van der Waals surface area contributed by atoms with Crippen LogP contribution in [0.4, 0.5) is 5.69 Å². The lowest BCUT2D eigenvalue weighted by Crippen LogP contribution is -2.38. The van der Waals surface area contributed by atoms with Crippen molar-refractivity contribution >= 4 is 38.7 Å². The molecule has 0 bridgehead atoms. The van der Waals surface area contributed by atoms with Crippen LogP contribution in [0.1, 0.15) is 18.1 Å². The molecule has 1 amide bonds. The highest BCUT2D eigenvalue weighted by atomic mass is 35.5. The summed E-state index contributed by atoms with van der Waals surface area (Å²) < 4.78 is 23.2. The van der Waals surface area contributed by atoms with Crippen molar-refractivity contribution in [2.45, 2.75) is 17.2 Å². The highest BCUT2D eigenvalue weighted by molar-refractivity contribution is 7.90. The number of anilines is 1. The zero-order valence-electron chi connectivity index (χ0n) is 18.3. The minimum absolute atomic E-state index is 0.0628. The smallest absolute Gasteiger partial charge is 0.245 e. The summed E-state index contributed by atoms with van der Waals surface area (Å²) in [5, 5.41) is 10.0. The maximum Gasteiger partial charge on any atom is 0.245 e. The zero-order valence-corrected chi connectivity index (χ0v) is 19.9. The fraction of sp³-hybridized carbons (Fsp3) is 0.200. The third-order valence-corrected chi connectivity index (χ3v) is 7.06. The Morgan fingerprint density at radius 1 is 1.03 bits per heavy atom. The van der Waals surface area contributed by atoms with E-state index in [1.807, 2.05) is 42.5 Å². The first-order valence-corrected chi connectivity index (χ1v) is 12.7. The van der Waals surface area contributed by atoms with Crippen LogP contribution in [0.25, 0.3) is 0 Å². The lowest BCUT2D eigenvalue weighted by atomic mass is 9.76. The molecule has 0 spiro atoms. The van der Waals surface area contributed by atoms with Gasteiger partial charge in [-0.2, -0.15) is 5.10 Å². The molecule has 3 aromatic rings. The summed E-state index contributed by atoms with van der Waals surface area (Å²) in [6, 6.07) is 23.8. The van der Waals surface area contributed by atoms with Crippen molar-refractivity contribution in [1.82, 2.24) is 5.01 Å². The summed E-state index contributed by atoms with van der Waals surface area (Å²) >= 11 is 6.08. The lowest BCUT2D eigenvalue weighted by Gasteiger charge is -2.27. The number of hydrogen-bond acceptors (Lipinski definition) is 5. The van der Waals surface area contributed by atoms with Crippen LogP contribution in [0.15, 0.2) is 88.9 Å². The van der Waals surface area contributed by atoms with Crippen molar-refractivity contribution in [2.24, 2.45) is 5.10 Å². The third-order valence-electron chi connectivity index (χ3n) is 5.68. The van der Waals surface area contributed by atoms with Gasteiger partial charge in [0.1, 0.15) is 6.54 Å². The Morgan fingerprint density at radius 2 is 1.67 bits per heavy atom. The Kier molecular flexibility index (Phi) is 6.28. The van der Waals surface area contributed by atoms with Crippen LogP contribution in [0.3, 0.4) is 0 Å². The Morgan fingerprint density at radius 3 is 2.27 bits per heavy atom. The van der Waals surface area contributed by atoms with Gasteiger partial charge in [0.2, 0.25) is 5.91 Å². The maximum absolute atomic E-state index is 12.7. The molecule has 0 saturated heterocycles. The van der Waals surface area contributed by atoms with Crippen LogP contribution >= 0.6 is 11.6 Å². The van der Waals surface area contributed by atoms with Crippen molar-refractivity contribution in [3.63, 3.8) is 0 Å². The SMILES string of the molecule is CC1(c2ccccc2)CN(CC(=O)Nc2ccc(S(C)(=O)=O)cc2)N=C1c1ccc(Cl)cc1. The average Bonchev–Trinajstić information content (AvgIpc) is 3.11. The fourth-order valence-corrected chi connectivity index (χ4v) is 4.74. The number of sulfone groups is 1. The number of amides is 1. The molecule has 0 fully saturated rings. The molecule has 0 aromatic heterocycles. The fourth-order valence-electron chi connectivity index (χ4n) is 3.99. The minimum Gasteiger partial charge on any atom is -0.324 e. The van der Waals surface area contributed by atoms with Crippen LogP contribution in [-0.2, 0) is 20.0 Å². The van der Waals surface area contributed by atoms with Gasteiger partial charge in [0.05, 0.1) is 22.6 Å². The number of hydrogen-bond donors (Lipinski definition) is 1. The van der Waals surface area contributed by atoms with E-state index in [4.69, 9.17) is 16.7 Å². The van der Waals surface area contributed by atoms with Gasteiger partial charge in [-0.3, -0.25) is 9.80 Å². The molecule has 33 heavy (non-hydrogen) atoms. The second kappa shape index (κ2) is 9.00. The number of rotatable bonds is 6. The van der Waals surface area contributed by atoms with Gasteiger partial charge >= 0.3 is 0 Å². The molecule has 1 aliphatic rings. The van der Waals surface area contributed by atoms with Crippen molar-refractivity contribution in [1.29, 1.82) is 0 Å². The zero-order chi connectivity index (χ0) is 23.6. The van der Waals surface area contributed by atoms with E-state index in [2.05, 4.69) is 24.4 Å². The van der Waals surface area contributed by atoms with E-state index in [1.54, 1.807) is 17.1 Å². The van der Waals surface area contributed by atoms with Crippen molar-refractivity contribution in [3.05, 3.63) is 95.0 Å². The highest BCUT2D eigenvalue weighted by Gasteiger charge is 2.41. The molecule has 8 heteroatoms. The monoisotopic (exact) mass is 481 g/mol. The minimum atomic E-state index is -3.29. The Labute approximate surface area is 198 Å². The maximum atomic E-state index is 12.7. The van der Waals surface area contributed by atoms with Gasteiger partial charge in [0, 0.05) is 17.0 Å². The first-order valence-electron chi connectivity index (χ1n) is 10.4. The molecule has 1 unspecified atom stereocenters. The molecule has 4 rings (SSSR count). The molecule has 1 atom stereocenters. The third kappa shape index (κ3) is 5.10. The van der Waals surface area contributed by atoms with E-state index in [1.165, 1.54) is 12.1 Å². The summed E-state index contributed by atoms with van der Waals surface area (Å²) in [5.74, 6) is -0.237. The summed E-state index contributed by atoms with van der Waals surface area (Å²) in [4.78, 5) is 12.9. The van der Waals surface area contributed by atoms with E-state index < -0.39 is 15.3 Å². The number of carbonyl (C=O) groups is 1. The Balaban J connectivity index is 1.55. The summed E-state index contributed by atoms with van der Waals surface area (Å²) in [5.41, 5.74) is 3.05. The lowest BCUT2D eigenvalue weighted by molar-refractivity contribution is -0.117. The van der Waals surface area contributed by atoms with Gasteiger partial charge in [-0.1, -0.05) is 54.1 Å². The molecular formula is C25H24ClN3O3S. The van der Waals surface area contributed by atoms with E-state index in [-0.39, 0.29) is 17.3 Å². The molecule has 3 aromatic carbocycles. The molecule has 170 valence electrons. The van der Waals surface area contributed by atoms with Crippen LogP contribution in [-0.4, -0.2) is 44.4 Å². The second-order valence-electron chi connectivity index (χ2n) is 8.32. The number of hydrazone groups is 1. The number of nitrogens with one attached hydrogen (secondary N) is 1. The Hall–Kier alpha value is -3.16. The number of halogens is 1. The summed E-state index contributed by atoms with van der Waals surface area (Å²) in [6.45, 7) is 2.72. The molecule has 0 saturated carbocycles. The van der Waals surface area contributed by atoms with Crippen LogP contribution < -0.4 is 5.32 Å². The van der Waals surface area contributed by atoms with Crippen molar-refractivity contribution in [2.75, 3.05) is 24.7 Å². The molecule has 1 N–H and O–H groups in total. The first-order chi connectivity index (χ1) is 15.6. The van der Waals surface area contributed by atoms with Crippen molar-refractivity contribution in [3.8, 4) is 0 Å². The van der Waals surface area contributed by atoms with Gasteiger partial charge < -0.3 is 5.32 Å². The summed E-state index contributed by atoms with van der Waals surface area (Å²) in [6.07, 6.45) is 1.15.